The van der Waals surface area contributed by atoms with E-state index in [1.807, 2.05) is 20.9 Å². The Balaban J connectivity index is 2.01. The molecule has 0 aliphatic carbocycles. The summed E-state index contributed by atoms with van der Waals surface area (Å²) in [6, 6.07) is 1.56. The van der Waals surface area contributed by atoms with Crippen molar-refractivity contribution in [2.75, 3.05) is 5.32 Å². The maximum absolute atomic E-state index is 12.0. The number of aliphatic carboxylic acids is 1. The fourth-order valence-corrected chi connectivity index (χ4v) is 2.08. The molecule has 0 bridgehead atoms. The van der Waals surface area contributed by atoms with E-state index >= 15 is 0 Å². The van der Waals surface area contributed by atoms with Gasteiger partial charge in [-0.3, -0.25) is 19.0 Å². The van der Waals surface area contributed by atoms with Gasteiger partial charge in [0.05, 0.1) is 12.1 Å². The molecule has 8 heteroatoms. The molecule has 0 fully saturated rings. The number of carbonyl (C=O) groups excluding carboxylic acids is 1. The Bertz CT molecular complexity index is 686. The lowest BCUT2D eigenvalue weighted by Gasteiger charge is -2.03. The number of rotatable bonds is 5. The molecule has 2 rings (SSSR count). The highest BCUT2D eigenvalue weighted by molar-refractivity contribution is 5.91. The number of aromatic nitrogens is 4. The second kappa shape index (κ2) is 5.78. The first-order valence-corrected chi connectivity index (χ1v) is 6.41. The summed E-state index contributed by atoms with van der Waals surface area (Å²) in [5.41, 5.74) is 2.65. The second-order valence-corrected chi connectivity index (χ2v) is 4.79. The van der Waals surface area contributed by atoms with Gasteiger partial charge in [0.15, 0.2) is 5.82 Å². The smallest absolute Gasteiger partial charge is 0.325 e. The molecule has 0 saturated carbocycles. The topological polar surface area (TPSA) is 102 Å². The standard InChI is InChI=1S/C13H17N5O3/c1-8-10(9(2)17(3)15-8)6-12(19)14-11-4-5-18(16-11)7-13(20)21/h4-5H,6-7H2,1-3H3,(H,20,21)(H,14,16,19). The first kappa shape index (κ1) is 14.8. The fourth-order valence-electron chi connectivity index (χ4n) is 2.08. The van der Waals surface area contributed by atoms with Crippen molar-refractivity contribution in [1.82, 2.24) is 19.6 Å². The van der Waals surface area contributed by atoms with Crippen molar-refractivity contribution in [3.63, 3.8) is 0 Å². The van der Waals surface area contributed by atoms with E-state index in [1.165, 1.54) is 10.9 Å². The van der Waals surface area contributed by atoms with Crippen LogP contribution in [0.4, 0.5) is 5.82 Å². The first-order valence-electron chi connectivity index (χ1n) is 6.41. The van der Waals surface area contributed by atoms with Crippen LogP contribution >= 0.6 is 0 Å². The van der Waals surface area contributed by atoms with Gasteiger partial charge in [0, 0.05) is 30.6 Å². The Hall–Kier alpha value is -2.64. The lowest BCUT2D eigenvalue weighted by molar-refractivity contribution is -0.137. The third kappa shape index (κ3) is 3.47. The Morgan fingerprint density at radius 1 is 1.33 bits per heavy atom. The van der Waals surface area contributed by atoms with Gasteiger partial charge in [-0.05, 0) is 13.8 Å². The van der Waals surface area contributed by atoms with E-state index in [4.69, 9.17) is 5.11 Å². The third-order valence-electron chi connectivity index (χ3n) is 3.20. The van der Waals surface area contributed by atoms with E-state index < -0.39 is 5.97 Å². The average molecular weight is 291 g/mol. The highest BCUT2D eigenvalue weighted by Gasteiger charge is 2.14. The molecule has 2 N–H and O–H groups in total. The van der Waals surface area contributed by atoms with Gasteiger partial charge in [-0.2, -0.15) is 10.2 Å². The molecule has 2 aromatic rings. The molecule has 0 radical (unpaired) electrons. The highest BCUT2D eigenvalue weighted by atomic mass is 16.4. The Morgan fingerprint density at radius 3 is 2.62 bits per heavy atom. The number of hydrogen-bond donors (Lipinski definition) is 2. The third-order valence-corrected chi connectivity index (χ3v) is 3.20. The minimum Gasteiger partial charge on any atom is -0.480 e. The lowest BCUT2D eigenvalue weighted by atomic mass is 10.1. The molecule has 0 aliphatic heterocycles. The molecule has 21 heavy (non-hydrogen) atoms. The Morgan fingerprint density at radius 2 is 2.05 bits per heavy atom. The number of carbonyl (C=O) groups is 2. The van der Waals surface area contributed by atoms with E-state index in [-0.39, 0.29) is 18.9 Å². The van der Waals surface area contributed by atoms with Gasteiger partial charge in [-0.1, -0.05) is 0 Å². The average Bonchev–Trinajstić information content (AvgIpc) is 2.89. The summed E-state index contributed by atoms with van der Waals surface area (Å²) in [5.74, 6) is -0.868. The van der Waals surface area contributed by atoms with Crippen molar-refractivity contribution in [1.29, 1.82) is 0 Å². The first-order chi connectivity index (χ1) is 9.86. The van der Waals surface area contributed by atoms with Crippen molar-refractivity contribution in [2.45, 2.75) is 26.8 Å². The Kier molecular flexibility index (Phi) is 4.06. The predicted molar refractivity (Wildman–Crippen MR) is 74.9 cm³/mol. The van der Waals surface area contributed by atoms with Crippen LogP contribution in [0.15, 0.2) is 12.3 Å². The molecule has 2 aromatic heterocycles. The monoisotopic (exact) mass is 291 g/mol. The van der Waals surface area contributed by atoms with Crippen LogP contribution in [0, 0.1) is 13.8 Å². The molecule has 0 saturated heterocycles. The summed E-state index contributed by atoms with van der Waals surface area (Å²) in [7, 11) is 1.83. The van der Waals surface area contributed by atoms with Crippen molar-refractivity contribution >= 4 is 17.7 Å². The van der Waals surface area contributed by atoms with Crippen LogP contribution in [0.1, 0.15) is 17.0 Å². The molecule has 0 unspecified atom stereocenters. The van der Waals surface area contributed by atoms with Crippen LogP contribution in [0.25, 0.3) is 0 Å². The zero-order valence-corrected chi connectivity index (χ0v) is 12.1. The molecular formula is C13H17N5O3. The summed E-state index contributed by atoms with van der Waals surface area (Å²) in [5, 5.41) is 19.5. The largest absolute Gasteiger partial charge is 0.480 e. The second-order valence-electron chi connectivity index (χ2n) is 4.79. The molecule has 0 aromatic carbocycles. The normalized spacial score (nSPS) is 10.6. The van der Waals surface area contributed by atoms with Crippen LogP contribution < -0.4 is 5.32 Å². The van der Waals surface area contributed by atoms with Crippen LogP contribution in [-0.4, -0.2) is 36.5 Å². The van der Waals surface area contributed by atoms with Crippen LogP contribution in [0.3, 0.4) is 0 Å². The van der Waals surface area contributed by atoms with Crippen molar-refractivity contribution in [3.8, 4) is 0 Å². The zero-order chi connectivity index (χ0) is 15.6. The highest BCUT2D eigenvalue weighted by Crippen LogP contribution is 2.13. The molecule has 8 nitrogen and oxygen atoms in total. The molecule has 112 valence electrons. The van der Waals surface area contributed by atoms with E-state index in [1.54, 1.807) is 10.7 Å². The number of amides is 1. The van der Waals surface area contributed by atoms with Gasteiger partial charge in [-0.25, -0.2) is 0 Å². The van der Waals surface area contributed by atoms with Gasteiger partial charge < -0.3 is 10.4 Å². The van der Waals surface area contributed by atoms with E-state index in [0.717, 1.165) is 17.0 Å². The van der Waals surface area contributed by atoms with E-state index in [0.29, 0.717) is 5.82 Å². The van der Waals surface area contributed by atoms with Gasteiger partial charge in [0.25, 0.3) is 0 Å². The molecule has 0 aliphatic rings. The minimum atomic E-state index is -0.988. The predicted octanol–water partition coefficient (Wildman–Crippen LogP) is 0.499. The number of carboxylic acid groups (broad SMARTS) is 1. The van der Waals surface area contributed by atoms with Crippen molar-refractivity contribution < 1.29 is 14.7 Å². The van der Waals surface area contributed by atoms with Gasteiger partial charge in [0.1, 0.15) is 6.54 Å². The number of carboxylic acids is 1. The van der Waals surface area contributed by atoms with Crippen molar-refractivity contribution in [2.24, 2.45) is 7.05 Å². The minimum absolute atomic E-state index is 0.206. The SMILES string of the molecule is Cc1nn(C)c(C)c1CC(=O)Nc1ccn(CC(=O)O)n1. The molecule has 0 spiro atoms. The summed E-state index contributed by atoms with van der Waals surface area (Å²) in [6.07, 6.45) is 1.71. The van der Waals surface area contributed by atoms with E-state index in [9.17, 15) is 9.59 Å². The molecular weight excluding hydrogens is 274 g/mol. The summed E-state index contributed by atoms with van der Waals surface area (Å²) in [4.78, 5) is 22.6. The zero-order valence-electron chi connectivity index (χ0n) is 12.1. The number of nitrogens with zero attached hydrogens (tertiary/aromatic N) is 4. The summed E-state index contributed by atoms with van der Waals surface area (Å²) in [6.45, 7) is 3.53. The summed E-state index contributed by atoms with van der Waals surface area (Å²) < 4.78 is 2.98. The maximum atomic E-state index is 12.0. The Labute approximate surface area is 121 Å². The number of anilines is 1. The fraction of sp³-hybridized carbons (Fsp3) is 0.385. The molecule has 2 heterocycles. The maximum Gasteiger partial charge on any atom is 0.325 e. The van der Waals surface area contributed by atoms with Crippen LogP contribution in [0.2, 0.25) is 0 Å². The van der Waals surface area contributed by atoms with Gasteiger partial charge in [0.2, 0.25) is 5.91 Å². The summed E-state index contributed by atoms with van der Waals surface area (Å²) >= 11 is 0. The van der Waals surface area contributed by atoms with Crippen LogP contribution in [-0.2, 0) is 29.6 Å². The number of nitrogens with one attached hydrogen (secondary N) is 1. The molecule has 1 amide bonds. The molecule has 0 atom stereocenters. The van der Waals surface area contributed by atoms with Crippen molar-refractivity contribution in [3.05, 3.63) is 29.2 Å². The number of aryl methyl sites for hydroxylation is 2. The number of hydrogen-bond acceptors (Lipinski definition) is 4. The van der Waals surface area contributed by atoms with Gasteiger partial charge >= 0.3 is 5.97 Å². The quantitative estimate of drug-likeness (QED) is 0.835. The van der Waals surface area contributed by atoms with E-state index in [2.05, 4.69) is 15.5 Å². The lowest BCUT2D eigenvalue weighted by Crippen LogP contribution is -2.16. The van der Waals surface area contributed by atoms with Crippen LogP contribution in [0.5, 0.6) is 0 Å². The van der Waals surface area contributed by atoms with Gasteiger partial charge in [-0.15, -0.1) is 0 Å².